The molecule has 0 aromatic rings. The van der Waals surface area contributed by atoms with Gasteiger partial charge in [-0.15, -0.1) is 0 Å². The monoisotopic (exact) mass is 214 g/mol. The minimum absolute atomic E-state index is 0.555. The van der Waals surface area contributed by atoms with Gasteiger partial charge in [0.05, 0.1) is 0 Å². The van der Waals surface area contributed by atoms with Gasteiger partial charge in [0, 0.05) is 6.54 Å². The van der Waals surface area contributed by atoms with Crippen LogP contribution in [0.5, 0.6) is 0 Å². The number of aliphatic carboxylic acids is 1. The predicted octanol–water partition coefficient (Wildman–Crippen LogP) is 1.12. The quantitative estimate of drug-likeness (QED) is 0.418. The van der Waals surface area contributed by atoms with Crippen molar-refractivity contribution in [3.8, 4) is 0 Å². The Morgan fingerprint density at radius 2 is 2.20 bits per heavy atom. The van der Waals surface area contributed by atoms with Crippen LogP contribution < -0.4 is 11.1 Å². The first-order valence-electron chi connectivity index (χ1n) is 5.38. The van der Waals surface area contributed by atoms with Gasteiger partial charge in [0.1, 0.15) is 6.04 Å². The SMILES string of the molecule is CC=C(C)CNCCCCC(N)C(=O)O. The fraction of sp³-hybridized carbons (Fsp3) is 0.727. The first-order chi connectivity index (χ1) is 7.07. The van der Waals surface area contributed by atoms with E-state index in [4.69, 9.17) is 10.8 Å². The minimum Gasteiger partial charge on any atom is -0.480 e. The molecule has 0 aliphatic carbocycles. The van der Waals surface area contributed by atoms with E-state index in [-0.39, 0.29) is 0 Å². The Bertz CT molecular complexity index is 215. The summed E-state index contributed by atoms with van der Waals surface area (Å²) in [6, 6.07) is -0.706. The number of unbranched alkanes of at least 4 members (excludes halogenated alkanes) is 1. The molecule has 0 heterocycles. The molecule has 0 aromatic carbocycles. The molecular formula is C11H22N2O2. The lowest BCUT2D eigenvalue weighted by molar-refractivity contribution is -0.138. The zero-order valence-electron chi connectivity index (χ0n) is 9.62. The molecule has 4 heteroatoms. The van der Waals surface area contributed by atoms with Gasteiger partial charge in [0.2, 0.25) is 0 Å². The van der Waals surface area contributed by atoms with Gasteiger partial charge in [-0.1, -0.05) is 18.1 Å². The summed E-state index contributed by atoms with van der Waals surface area (Å²) >= 11 is 0. The van der Waals surface area contributed by atoms with Crippen LogP contribution in [0.4, 0.5) is 0 Å². The van der Waals surface area contributed by atoms with Crippen molar-refractivity contribution < 1.29 is 9.90 Å². The second-order valence-electron chi connectivity index (χ2n) is 3.75. The molecule has 0 radical (unpaired) electrons. The fourth-order valence-electron chi connectivity index (χ4n) is 1.13. The third-order valence-electron chi connectivity index (χ3n) is 2.33. The lowest BCUT2D eigenvalue weighted by atomic mass is 10.1. The van der Waals surface area contributed by atoms with E-state index in [0.29, 0.717) is 6.42 Å². The van der Waals surface area contributed by atoms with Crippen LogP contribution in [0.3, 0.4) is 0 Å². The first kappa shape index (κ1) is 14.1. The standard InChI is InChI=1S/C11H22N2O2/c1-3-9(2)8-13-7-5-4-6-10(12)11(14)15/h3,10,13H,4-8,12H2,1-2H3,(H,14,15). The van der Waals surface area contributed by atoms with Crippen LogP contribution >= 0.6 is 0 Å². The van der Waals surface area contributed by atoms with Crippen molar-refractivity contribution in [1.82, 2.24) is 5.32 Å². The molecule has 0 rings (SSSR count). The summed E-state index contributed by atoms with van der Waals surface area (Å²) in [5.74, 6) is -0.910. The molecule has 0 saturated carbocycles. The topological polar surface area (TPSA) is 75.3 Å². The molecule has 0 spiro atoms. The molecule has 0 amide bonds. The van der Waals surface area contributed by atoms with Gasteiger partial charge in [-0.3, -0.25) is 4.79 Å². The zero-order chi connectivity index (χ0) is 11.7. The fourth-order valence-corrected chi connectivity index (χ4v) is 1.13. The van der Waals surface area contributed by atoms with Gasteiger partial charge in [-0.05, 0) is 33.2 Å². The number of carboxylic acids is 1. The molecule has 0 bridgehead atoms. The molecule has 4 nitrogen and oxygen atoms in total. The summed E-state index contributed by atoms with van der Waals surface area (Å²) in [5, 5.41) is 11.8. The van der Waals surface area contributed by atoms with E-state index in [1.54, 1.807) is 0 Å². The molecule has 0 aliphatic rings. The normalized spacial score (nSPS) is 13.9. The van der Waals surface area contributed by atoms with Crippen molar-refractivity contribution in [3.05, 3.63) is 11.6 Å². The van der Waals surface area contributed by atoms with E-state index >= 15 is 0 Å². The highest BCUT2D eigenvalue weighted by molar-refractivity contribution is 5.72. The van der Waals surface area contributed by atoms with Gasteiger partial charge in [0.25, 0.3) is 0 Å². The summed E-state index contributed by atoms with van der Waals surface area (Å²) < 4.78 is 0. The second-order valence-corrected chi connectivity index (χ2v) is 3.75. The molecule has 4 N–H and O–H groups in total. The summed E-state index contributed by atoms with van der Waals surface area (Å²) in [6.45, 7) is 5.91. The van der Waals surface area contributed by atoms with E-state index in [9.17, 15) is 4.79 Å². The predicted molar refractivity (Wildman–Crippen MR) is 61.8 cm³/mol. The number of nitrogens with one attached hydrogen (secondary N) is 1. The van der Waals surface area contributed by atoms with Crippen LogP contribution in [0.15, 0.2) is 11.6 Å². The van der Waals surface area contributed by atoms with Crippen molar-refractivity contribution in [2.24, 2.45) is 5.73 Å². The number of carbonyl (C=O) groups is 1. The zero-order valence-corrected chi connectivity index (χ0v) is 9.62. The number of hydrogen-bond donors (Lipinski definition) is 3. The molecule has 1 atom stereocenters. The van der Waals surface area contributed by atoms with Crippen LogP contribution in [0.25, 0.3) is 0 Å². The van der Waals surface area contributed by atoms with Crippen LogP contribution in [-0.2, 0) is 4.79 Å². The Balaban J connectivity index is 3.29. The molecule has 15 heavy (non-hydrogen) atoms. The smallest absolute Gasteiger partial charge is 0.320 e. The summed E-state index contributed by atoms with van der Waals surface area (Å²) in [7, 11) is 0. The number of nitrogens with two attached hydrogens (primary N) is 1. The molecule has 0 fully saturated rings. The summed E-state index contributed by atoms with van der Waals surface area (Å²) in [4.78, 5) is 10.4. The third kappa shape index (κ3) is 8.15. The lowest BCUT2D eigenvalue weighted by Gasteiger charge is -2.07. The lowest BCUT2D eigenvalue weighted by Crippen LogP contribution is -2.30. The van der Waals surface area contributed by atoms with Crippen molar-refractivity contribution in [2.45, 2.75) is 39.2 Å². The number of hydrogen-bond acceptors (Lipinski definition) is 3. The Kier molecular flexibility index (Phi) is 7.95. The maximum absolute atomic E-state index is 10.4. The van der Waals surface area contributed by atoms with Crippen molar-refractivity contribution >= 4 is 5.97 Å². The molecular weight excluding hydrogens is 192 g/mol. The average molecular weight is 214 g/mol. The van der Waals surface area contributed by atoms with Crippen LogP contribution in [0.2, 0.25) is 0 Å². The summed E-state index contributed by atoms with van der Waals surface area (Å²) in [6.07, 6.45) is 4.46. The number of allylic oxidation sites excluding steroid dienone is 1. The maximum atomic E-state index is 10.4. The maximum Gasteiger partial charge on any atom is 0.320 e. The highest BCUT2D eigenvalue weighted by atomic mass is 16.4. The molecule has 0 saturated heterocycles. The summed E-state index contributed by atoms with van der Waals surface area (Å²) in [5.41, 5.74) is 6.69. The van der Waals surface area contributed by atoms with E-state index in [1.165, 1.54) is 5.57 Å². The molecule has 88 valence electrons. The van der Waals surface area contributed by atoms with E-state index in [0.717, 1.165) is 25.9 Å². The van der Waals surface area contributed by atoms with Crippen LogP contribution in [-0.4, -0.2) is 30.2 Å². The van der Waals surface area contributed by atoms with Gasteiger partial charge in [-0.2, -0.15) is 0 Å². The first-order valence-corrected chi connectivity index (χ1v) is 5.38. The molecule has 0 aliphatic heterocycles. The van der Waals surface area contributed by atoms with Gasteiger partial charge in [0.15, 0.2) is 0 Å². The van der Waals surface area contributed by atoms with Crippen molar-refractivity contribution in [3.63, 3.8) is 0 Å². The van der Waals surface area contributed by atoms with Gasteiger partial charge in [-0.25, -0.2) is 0 Å². The van der Waals surface area contributed by atoms with Crippen molar-refractivity contribution in [1.29, 1.82) is 0 Å². The van der Waals surface area contributed by atoms with Gasteiger partial charge < -0.3 is 16.2 Å². The van der Waals surface area contributed by atoms with Crippen LogP contribution in [0, 0.1) is 0 Å². The van der Waals surface area contributed by atoms with Crippen LogP contribution in [0.1, 0.15) is 33.1 Å². The Morgan fingerprint density at radius 1 is 1.53 bits per heavy atom. The average Bonchev–Trinajstić information content (AvgIpc) is 2.22. The highest BCUT2D eigenvalue weighted by Crippen LogP contribution is 1.98. The third-order valence-corrected chi connectivity index (χ3v) is 2.33. The van der Waals surface area contributed by atoms with Crippen molar-refractivity contribution in [2.75, 3.05) is 13.1 Å². The van der Waals surface area contributed by atoms with E-state index < -0.39 is 12.0 Å². The molecule has 0 aromatic heterocycles. The number of rotatable bonds is 8. The Labute approximate surface area is 91.5 Å². The largest absolute Gasteiger partial charge is 0.480 e. The Morgan fingerprint density at radius 3 is 2.73 bits per heavy atom. The van der Waals surface area contributed by atoms with E-state index in [1.807, 2.05) is 6.92 Å². The Hall–Kier alpha value is -0.870. The number of carboxylic acid groups (broad SMARTS) is 1. The highest BCUT2D eigenvalue weighted by Gasteiger charge is 2.09. The van der Waals surface area contributed by atoms with Gasteiger partial charge >= 0.3 is 5.97 Å². The van der Waals surface area contributed by atoms with E-state index in [2.05, 4.69) is 18.3 Å². The second kappa shape index (κ2) is 8.44. The minimum atomic E-state index is -0.910. The molecule has 1 unspecified atom stereocenters.